The minimum absolute atomic E-state index is 0.332. The van der Waals surface area contributed by atoms with Gasteiger partial charge in [-0.2, -0.15) is 0 Å². The topological polar surface area (TPSA) is 30.5 Å². The Balaban J connectivity index is 1.97. The van der Waals surface area contributed by atoms with Gasteiger partial charge in [0.2, 0.25) is 0 Å². The largest absolute Gasteiger partial charge is 0.492 e. The number of rotatable bonds is 6. The third-order valence-corrected chi connectivity index (χ3v) is 3.66. The lowest BCUT2D eigenvalue weighted by molar-refractivity contribution is 0.0902. The molecule has 1 aliphatic heterocycles. The Morgan fingerprint density at radius 3 is 2.95 bits per heavy atom. The minimum atomic E-state index is 0.332. The number of hydrogen-bond donors (Lipinski definition) is 1. The third-order valence-electron chi connectivity index (χ3n) is 3.16. The molecule has 1 aromatic rings. The molecule has 0 saturated carbocycles. The van der Waals surface area contributed by atoms with Gasteiger partial charge in [0.1, 0.15) is 5.75 Å². The van der Waals surface area contributed by atoms with Gasteiger partial charge in [-0.1, -0.05) is 23.2 Å². The van der Waals surface area contributed by atoms with Crippen LogP contribution in [0.5, 0.6) is 5.75 Å². The van der Waals surface area contributed by atoms with Gasteiger partial charge in [0, 0.05) is 30.2 Å². The molecule has 1 unspecified atom stereocenters. The summed E-state index contributed by atoms with van der Waals surface area (Å²) in [4.78, 5) is 0. The Labute approximate surface area is 124 Å². The van der Waals surface area contributed by atoms with E-state index in [4.69, 9.17) is 32.7 Å². The second-order valence-electron chi connectivity index (χ2n) is 4.68. The Morgan fingerprint density at radius 2 is 2.26 bits per heavy atom. The molecule has 2 rings (SSSR count). The molecule has 1 aromatic carbocycles. The van der Waals surface area contributed by atoms with E-state index in [2.05, 4.69) is 5.32 Å². The van der Waals surface area contributed by atoms with Crippen LogP contribution in [0.3, 0.4) is 0 Å². The standard InChI is InChI=1S/C14H19Cl2NO2/c1-17-9-10-7-11(15)8-13(16)14(10)19-6-4-12-3-2-5-18-12/h7-8,12,17H,2-6,9H2,1H3. The minimum Gasteiger partial charge on any atom is -0.492 e. The Morgan fingerprint density at radius 1 is 1.42 bits per heavy atom. The Kier molecular flexibility index (Phi) is 5.76. The van der Waals surface area contributed by atoms with E-state index >= 15 is 0 Å². The van der Waals surface area contributed by atoms with E-state index in [0.717, 1.165) is 37.2 Å². The average molecular weight is 304 g/mol. The van der Waals surface area contributed by atoms with Crippen molar-refractivity contribution in [2.24, 2.45) is 0 Å². The van der Waals surface area contributed by atoms with Crippen LogP contribution in [0.4, 0.5) is 0 Å². The van der Waals surface area contributed by atoms with Gasteiger partial charge in [0.25, 0.3) is 0 Å². The molecule has 0 spiro atoms. The molecule has 1 N–H and O–H groups in total. The molecular formula is C14H19Cl2NO2. The van der Waals surface area contributed by atoms with E-state index in [1.54, 1.807) is 6.07 Å². The first-order valence-corrected chi connectivity index (χ1v) is 7.33. The number of halogens is 2. The highest BCUT2D eigenvalue weighted by atomic mass is 35.5. The molecule has 1 heterocycles. The van der Waals surface area contributed by atoms with E-state index in [9.17, 15) is 0 Å². The fourth-order valence-corrected chi connectivity index (χ4v) is 2.85. The highest BCUT2D eigenvalue weighted by Crippen LogP contribution is 2.32. The van der Waals surface area contributed by atoms with Crippen molar-refractivity contribution >= 4 is 23.2 Å². The third kappa shape index (κ3) is 4.25. The fourth-order valence-electron chi connectivity index (χ4n) is 2.26. The zero-order valence-electron chi connectivity index (χ0n) is 11.0. The first kappa shape index (κ1) is 14.9. The lowest BCUT2D eigenvalue weighted by Crippen LogP contribution is -2.13. The van der Waals surface area contributed by atoms with E-state index in [1.165, 1.54) is 0 Å². The first-order chi connectivity index (χ1) is 9.20. The molecule has 1 atom stereocenters. The zero-order valence-corrected chi connectivity index (χ0v) is 12.6. The predicted octanol–water partition coefficient (Wildman–Crippen LogP) is 3.66. The Hall–Kier alpha value is -0.480. The van der Waals surface area contributed by atoms with Gasteiger partial charge in [0.15, 0.2) is 0 Å². The van der Waals surface area contributed by atoms with Gasteiger partial charge in [-0.25, -0.2) is 0 Å². The summed E-state index contributed by atoms with van der Waals surface area (Å²) < 4.78 is 11.4. The van der Waals surface area contributed by atoms with Crippen LogP contribution >= 0.6 is 23.2 Å². The van der Waals surface area contributed by atoms with Gasteiger partial charge < -0.3 is 14.8 Å². The van der Waals surface area contributed by atoms with Crippen molar-refractivity contribution in [3.63, 3.8) is 0 Å². The molecule has 106 valence electrons. The summed E-state index contributed by atoms with van der Waals surface area (Å²) in [7, 11) is 1.88. The van der Waals surface area contributed by atoms with Gasteiger partial charge in [-0.15, -0.1) is 0 Å². The molecular weight excluding hydrogens is 285 g/mol. The second kappa shape index (κ2) is 7.34. The van der Waals surface area contributed by atoms with Gasteiger partial charge in [-0.3, -0.25) is 0 Å². The smallest absolute Gasteiger partial charge is 0.142 e. The average Bonchev–Trinajstić information content (AvgIpc) is 2.86. The summed E-state index contributed by atoms with van der Waals surface area (Å²) in [6.07, 6.45) is 3.51. The van der Waals surface area contributed by atoms with Crippen molar-refractivity contribution in [1.82, 2.24) is 5.32 Å². The molecule has 5 heteroatoms. The lowest BCUT2D eigenvalue weighted by Gasteiger charge is -2.15. The van der Waals surface area contributed by atoms with E-state index < -0.39 is 0 Å². The van der Waals surface area contributed by atoms with Crippen molar-refractivity contribution < 1.29 is 9.47 Å². The van der Waals surface area contributed by atoms with Crippen LogP contribution in [0.1, 0.15) is 24.8 Å². The summed E-state index contributed by atoms with van der Waals surface area (Å²) in [5, 5.41) is 4.28. The van der Waals surface area contributed by atoms with Gasteiger partial charge in [0.05, 0.1) is 17.7 Å². The first-order valence-electron chi connectivity index (χ1n) is 6.57. The monoisotopic (exact) mass is 303 g/mol. The summed E-state index contributed by atoms with van der Waals surface area (Å²) >= 11 is 12.2. The molecule has 1 aliphatic rings. The van der Waals surface area contributed by atoms with Gasteiger partial charge in [-0.05, 0) is 32.0 Å². The van der Waals surface area contributed by atoms with E-state index in [1.807, 2.05) is 13.1 Å². The fraction of sp³-hybridized carbons (Fsp3) is 0.571. The number of nitrogens with one attached hydrogen (secondary N) is 1. The van der Waals surface area contributed by atoms with Crippen LogP contribution in [-0.4, -0.2) is 26.4 Å². The SMILES string of the molecule is CNCc1cc(Cl)cc(Cl)c1OCCC1CCCO1. The summed E-state index contributed by atoms with van der Waals surface area (Å²) in [6, 6.07) is 3.59. The van der Waals surface area contributed by atoms with Crippen LogP contribution in [0, 0.1) is 0 Å². The summed E-state index contributed by atoms with van der Waals surface area (Å²) in [6.45, 7) is 2.16. The van der Waals surface area contributed by atoms with Crippen molar-refractivity contribution in [3.05, 3.63) is 27.7 Å². The number of ether oxygens (including phenoxy) is 2. The predicted molar refractivity (Wildman–Crippen MR) is 78.3 cm³/mol. The van der Waals surface area contributed by atoms with Crippen LogP contribution in [0.15, 0.2) is 12.1 Å². The van der Waals surface area contributed by atoms with E-state index in [-0.39, 0.29) is 0 Å². The van der Waals surface area contributed by atoms with Crippen molar-refractivity contribution in [2.75, 3.05) is 20.3 Å². The molecule has 1 saturated heterocycles. The molecule has 0 aromatic heterocycles. The van der Waals surface area contributed by atoms with Crippen LogP contribution < -0.4 is 10.1 Å². The lowest BCUT2D eigenvalue weighted by atomic mass is 10.2. The van der Waals surface area contributed by atoms with Crippen LogP contribution in [0.25, 0.3) is 0 Å². The van der Waals surface area contributed by atoms with Crippen molar-refractivity contribution in [3.8, 4) is 5.75 Å². The van der Waals surface area contributed by atoms with E-state index in [0.29, 0.717) is 29.3 Å². The number of benzene rings is 1. The normalized spacial score (nSPS) is 18.8. The highest BCUT2D eigenvalue weighted by Gasteiger charge is 2.16. The quantitative estimate of drug-likeness (QED) is 0.870. The molecule has 19 heavy (non-hydrogen) atoms. The summed E-state index contributed by atoms with van der Waals surface area (Å²) in [5.41, 5.74) is 0.979. The maximum Gasteiger partial charge on any atom is 0.142 e. The molecule has 3 nitrogen and oxygen atoms in total. The van der Waals surface area contributed by atoms with Crippen LogP contribution in [0.2, 0.25) is 10.0 Å². The summed E-state index contributed by atoms with van der Waals surface area (Å²) in [5.74, 6) is 0.721. The van der Waals surface area contributed by atoms with Gasteiger partial charge >= 0.3 is 0 Å². The zero-order chi connectivity index (χ0) is 13.7. The maximum absolute atomic E-state index is 6.20. The second-order valence-corrected chi connectivity index (χ2v) is 5.52. The molecule has 0 aliphatic carbocycles. The molecule has 0 amide bonds. The molecule has 0 bridgehead atoms. The van der Waals surface area contributed by atoms with Crippen LogP contribution in [-0.2, 0) is 11.3 Å². The van der Waals surface area contributed by atoms with Crippen molar-refractivity contribution in [2.45, 2.75) is 31.9 Å². The highest BCUT2D eigenvalue weighted by molar-refractivity contribution is 6.35. The molecule has 0 radical (unpaired) electrons. The Bertz CT molecular complexity index is 420. The van der Waals surface area contributed by atoms with Crippen molar-refractivity contribution in [1.29, 1.82) is 0 Å². The number of hydrogen-bond acceptors (Lipinski definition) is 3. The molecule has 1 fully saturated rings. The maximum atomic E-state index is 6.20.